The first-order valence-corrected chi connectivity index (χ1v) is 9.08. The molecule has 1 aliphatic rings. The average Bonchev–Trinajstić information content (AvgIpc) is 2.89. The van der Waals surface area contributed by atoms with E-state index >= 15 is 0 Å². The fourth-order valence-electron chi connectivity index (χ4n) is 3.09. The van der Waals surface area contributed by atoms with Gasteiger partial charge in [0, 0.05) is 31.2 Å². The van der Waals surface area contributed by atoms with Crippen molar-refractivity contribution in [3.63, 3.8) is 0 Å². The van der Waals surface area contributed by atoms with E-state index in [9.17, 15) is 13.5 Å². The molecule has 1 aromatic rings. The summed E-state index contributed by atoms with van der Waals surface area (Å²) in [6.07, 6.45) is 5.52. The molecule has 0 radical (unpaired) electrons. The van der Waals surface area contributed by atoms with Gasteiger partial charge in [0.1, 0.15) is 4.90 Å². The highest BCUT2D eigenvalue weighted by molar-refractivity contribution is 7.89. The summed E-state index contributed by atoms with van der Waals surface area (Å²) < 4.78 is 28.9. The molecule has 0 spiro atoms. The van der Waals surface area contributed by atoms with Crippen LogP contribution in [-0.2, 0) is 16.6 Å². The number of sulfonamides is 1. The summed E-state index contributed by atoms with van der Waals surface area (Å²) in [5.41, 5.74) is 0.104. The number of aliphatic hydroxyl groups excluding tert-OH is 1. The van der Waals surface area contributed by atoms with Crippen LogP contribution in [0.15, 0.2) is 23.7 Å². The summed E-state index contributed by atoms with van der Waals surface area (Å²) >= 11 is 0. The first-order chi connectivity index (χ1) is 10.4. The van der Waals surface area contributed by atoms with Gasteiger partial charge in [-0.05, 0) is 33.1 Å². The standard InChI is InChI=1S/C15H25N3O3S/c1-4-7-15(12-19)8-6-9-18(11-15)22(20,21)14-10-17(5-2)16-13(14)3/h4,10,19H,1,5-9,11-12H2,2-3H3. The fourth-order valence-corrected chi connectivity index (χ4v) is 4.85. The minimum absolute atomic E-state index is 0.0295. The zero-order valence-corrected chi connectivity index (χ0v) is 14.1. The topological polar surface area (TPSA) is 75.4 Å². The predicted octanol–water partition coefficient (Wildman–Crippen LogP) is 1.55. The highest BCUT2D eigenvalue weighted by Crippen LogP contribution is 2.36. The van der Waals surface area contributed by atoms with E-state index in [1.54, 1.807) is 23.9 Å². The summed E-state index contributed by atoms with van der Waals surface area (Å²) in [5, 5.41) is 14.0. The van der Waals surface area contributed by atoms with Gasteiger partial charge in [0.2, 0.25) is 10.0 Å². The highest BCUT2D eigenvalue weighted by atomic mass is 32.2. The van der Waals surface area contributed by atoms with E-state index in [0.717, 1.165) is 12.8 Å². The summed E-state index contributed by atoms with van der Waals surface area (Å²) in [6.45, 7) is 8.78. The summed E-state index contributed by atoms with van der Waals surface area (Å²) in [7, 11) is -3.58. The molecule has 1 unspecified atom stereocenters. The Bertz CT molecular complexity index is 638. The van der Waals surface area contributed by atoms with E-state index in [4.69, 9.17) is 0 Å². The minimum atomic E-state index is -3.58. The van der Waals surface area contributed by atoms with E-state index in [1.165, 1.54) is 4.31 Å². The zero-order chi connectivity index (χ0) is 16.4. The first-order valence-electron chi connectivity index (χ1n) is 7.64. The van der Waals surface area contributed by atoms with Crippen molar-refractivity contribution in [1.82, 2.24) is 14.1 Å². The predicted molar refractivity (Wildman–Crippen MR) is 85.0 cm³/mol. The Morgan fingerprint density at radius 2 is 2.27 bits per heavy atom. The van der Waals surface area contributed by atoms with Crippen LogP contribution in [-0.4, -0.2) is 47.3 Å². The molecule has 1 atom stereocenters. The number of aryl methyl sites for hydroxylation is 2. The molecule has 1 aromatic heterocycles. The summed E-state index contributed by atoms with van der Waals surface area (Å²) in [4.78, 5) is 0.265. The molecule has 1 aliphatic heterocycles. The molecule has 6 nitrogen and oxygen atoms in total. The molecule has 124 valence electrons. The third-order valence-electron chi connectivity index (χ3n) is 4.38. The lowest BCUT2D eigenvalue weighted by Gasteiger charge is -2.40. The molecule has 0 bridgehead atoms. The lowest BCUT2D eigenvalue weighted by atomic mass is 9.79. The fraction of sp³-hybridized carbons (Fsp3) is 0.667. The number of hydrogen-bond acceptors (Lipinski definition) is 4. The van der Waals surface area contributed by atoms with Crippen molar-refractivity contribution in [1.29, 1.82) is 0 Å². The number of hydrogen-bond donors (Lipinski definition) is 1. The lowest BCUT2D eigenvalue weighted by Crippen LogP contribution is -2.47. The Morgan fingerprint density at radius 1 is 1.55 bits per heavy atom. The van der Waals surface area contributed by atoms with Gasteiger partial charge in [0.25, 0.3) is 0 Å². The van der Waals surface area contributed by atoms with Crippen molar-refractivity contribution in [3.8, 4) is 0 Å². The molecule has 0 saturated carbocycles. The lowest BCUT2D eigenvalue weighted by molar-refractivity contribution is 0.0669. The minimum Gasteiger partial charge on any atom is -0.396 e. The molecule has 0 aromatic carbocycles. The van der Waals surface area contributed by atoms with Gasteiger partial charge in [-0.3, -0.25) is 4.68 Å². The van der Waals surface area contributed by atoms with E-state index in [1.807, 2.05) is 6.92 Å². The molecule has 1 N–H and O–H groups in total. The van der Waals surface area contributed by atoms with Crippen LogP contribution in [0.25, 0.3) is 0 Å². The zero-order valence-electron chi connectivity index (χ0n) is 13.3. The van der Waals surface area contributed by atoms with E-state index in [-0.39, 0.29) is 11.5 Å². The highest BCUT2D eigenvalue weighted by Gasteiger charge is 2.39. The molecule has 1 saturated heterocycles. The number of nitrogens with zero attached hydrogens (tertiary/aromatic N) is 3. The van der Waals surface area contributed by atoms with Crippen LogP contribution in [0.5, 0.6) is 0 Å². The van der Waals surface area contributed by atoms with Gasteiger partial charge in [-0.25, -0.2) is 8.42 Å². The largest absolute Gasteiger partial charge is 0.396 e. The maximum atomic E-state index is 12.9. The van der Waals surface area contributed by atoms with Gasteiger partial charge >= 0.3 is 0 Å². The Hall–Kier alpha value is -1.18. The van der Waals surface area contributed by atoms with E-state index < -0.39 is 15.4 Å². The third kappa shape index (κ3) is 3.11. The van der Waals surface area contributed by atoms with Gasteiger partial charge in [-0.1, -0.05) is 6.08 Å². The molecule has 2 heterocycles. The number of piperidine rings is 1. The van der Waals surface area contributed by atoms with Gasteiger partial charge in [0.05, 0.1) is 12.3 Å². The van der Waals surface area contributed by atoms with Crippen LogP contribution >= 0.6 is 0 Å². The van der Waals surface area contributed by atoms with Gasteiger partial charge in [-0.2, -0.15) is 9.40 Å². The molecule has 7 heteroatoms. The normalized spacial score (nSPS) is 23.6. The van der Waals surface area contributed by atoms with Crippen molar-refractivity contribution in [2.24, 2.45) is 5.41 Å². The molecular weight excluding hydrogens is 302 g/mol. The van der Waals surface area contributed by atoms with Crippen LogP contribution in [0.3, 0.4) is 0 Å². The number of rotatable bonds is 6. The van der Waals surface area contributed by atoms with Crippen molar-refractivity contribution in [2.75, 3.05) is 19.7 Å². The average molecular weight is 327 g/mol. The summed E-state index contributed by atoms with van der Waals surface area (Å²) in [5.74, 6) is 0. The van der Waals surface area contributed by atoms with E-state index in [2.05, 4.69) is 11.7 Å². The molecule has 1 fully saturated rings. The van der Waals surface area contributed by atoms with Crippen LogP contribution in [0.2, 0.25) is 0 Å². The quantitative estimate of drug-likeness (QED) is 0.805. The Kier molecular flexibility index (Phi) is 5.09. The van der Waals surface area contributed by atoms with Crippen LogP contribution in [0.4, 0.5) is 0 Å². The Balaban J connectivity index is 2.32. The number of allylic oxidation sites excluding steroid dienone is 1. The molecule has 0 amide bonds. The second-order valence-corrected chi connectivity index (χ2v) is 7.93. The SMILES string of the molecule is C=CCC1(CO)CCCN(S(=O)(=O)c2cn(CC)nc2C)C1. The van der Waals surface area contributed by atoms with Crippen LogP contribution in [0, 0.1) is 12.3 Å². The summed E-state index contributed by atoms with van der Waals surface area (Å²) in [6, 6.07) is 0. The molecule has 22 heavy (non-hydrogen) atoms. The van der Waals surface area contributed by atoms with Crippen molar-refractivity contribution in [3.05, 3.63) is 24.5 Å². The van der Waals surface area contributed by atoms with Gasteiger partial charge in [-0.15, -0.1) is 6.58 Å². The second-order valence-electron chi connectivity index (χ2n) is 6.03. The molecule has 0 aliphatic carbocycles. The maximum absolute atomic E-state index is 12.9. The van der Waals surface area contributed by atoms with Crippen molar-refractivity contribution >= 4 is 10.0 Å². The Labute approximate surface area is 132 Å². The van der Waals surface area contributed by atoms with Gasteiger partial charge in [0.15, 0.2) is 0 Å². The Morgan fingerprint density at radius 3 is 2.82 bits per heavy atom. The maximum Gasteiger partial charge on any atom is 0.246 e. The van der Waals surface area contributed by atoms with Crippen molar-refractivity contribution < 1.29 is 13.5 Å². The monoisotopic (exact) mass is 327 g/mol. The molecular formula is C15H25N3O3S. The van der Waals surface area contributed by atoms with Crippen LogP contribution < -0.4 is 0 Å². The first kappa shape index (κ1) is 17.2. The second kappa shape index (κ2) is 6.52. The van der Waals surface area contributed by atoms with Gasteiger partial charge < -0.3 is 5.11 Å². The number of aliphatic hydroxyl groups is 1. The van der Waals surface area contributed by atoms with Crippen LogP contribution in [0.1, 0.15) is 31.9 Å². The van der Waals surface area contributed by atoms with Crippen molar-refractivity contribution in [2.45, 2.75) is 44.6 Å². The number of aromatic nitrogens is 2. The van der Waals surface area contributed by atoms with E-state index in [0.29, 0.717) is 31.7 Å². The smallest absolute Gasteiger partial charge is 0.246 e. The third-order valence-corrected chi connectivity index (χ3v) is 6.33. The molecule has 2 rings (SSSR count).